The molecule has 1 aliphatic heterocycles. The van der Waals surface area contributed by atoms with Crippen LogP contribution in [-0.2, 0) is 0 Å². The van der Waals surface area contributed by atoms with E-state index >= 15 is 0 Å². The number of nitrogens with zero attached hydrogens (tertiary/aromatic N) is 7. The summed E-state index contributed by atoms with van der Waals surface area (Å²) in [4.78, 5) is 49.1. The Morgan fingerprint density at radius 2 is 1.64 bits per heavy atom. The molecule has 3 aromatic rings. The second-order valence-electron chi connectivity index (χ2n) is 8.74. The fourth-order valence-corrected chi connectivity index (χ4v) is 4.17. The van der Waals surface area contributed by atoms with Crippen molar-refractivity contribution in [3.63, 3.8) is 0 Å². The number of carbonyl (C=O) groups is 2. The van der Waals surface area contributed by atoms with Crippen LogP contribution in [0.5, 0.6) is 0 Å². The number of azo groups is 1. The Bertz CT molecular complexity index is 1560. The number of hydrogen-bond donors (Lipinski definition) is 0. The van der Waals surface area contributed by atoms with Crippen molar-refractivity contribution < 1.29 is 19.4 Å². The molecule has 13 nitrogen and oxygen atoms in total. The summed E-state index contributed by atoms with van der Waals surface area (Å²) in [6, 6.07) is 15.3. The van der Waals surface area contributed by atoms with E-state index in [2.05, 4.69) is 10.2 Å². The lowest BCUT2D eigenvalue weighted by Gasteiger charge is -2.21. The highest BCUT2D eigenvalue weighted by Gasteiger charge is 2.34. The zero-order valence-corrected chi connectivity index (χ0v) is 20.9. The SMILES string of the molecule is Cc1cc(N(C)CCCN2C(=O)c3ccccc3C2=O)ccc1/N=N/c1c(C#N)cc([N+](=O)[O-])cc1[N+](=O)[O-]. The highest BCUT2D eigenvalue weighted by molar-refractivity contribution is 6.21. The minimum absolute atomic E-state index is 0.275. The Morgan fingerprint density at radius 1 is 0.974 bits per heavy atom. The van der Waals surface area contributed by atoms with Crippen LogP contribution in [0.2, 0.25) is 0 Å². The molecule has 3 aromatic carbocycles. The molecule has 1 aliphatic rings. The molecule has 0 aromatic heterocycles. The zero-order valence-electron chi connectivity index (χ0n) is 20.9. The number of imide groups is 1. The van der Waals surface area contributed by atoms with Gasteiger partial charge in [0.1, 0.15) is 6.07 Å². The van der Waals surface area contributed by atoms with Crippen molar-refractivity contribution in [2.24, 2.45) is 10.2 Å². The van der Waals surface area contributed by atoms with Crippen LogP contribution in [0.1, 0.15) is 38.3 Å². The van der Waals surface area contributed by atoms with E-state index in [1.54, 1.807) is 49.4 Å². The molecule has 0 radical (unpaired) electrons. The quantitative estimate of drug-likeness (QED) is 0.157. The molecule has 0 bridgehead atoms. The Balaban J connectivity index is 1.45. The van der Waals surface area contributed by atoms with E-state index in [9.17, 15) is 35.1 Å². The van der Waals surface area contributed by atoms with Crippen molar-refractivity contribution >= 4 is 40.3 Å². The van der Waals surface area contributed by atoms with Gasteiger partial charge in [0.2, 0.25) is 0 Å². The number of fused-ring (bicyclic) bond motifs is 1. The lowest BCUT2D eigenvalue weighted by atomic mass is 10.1. The van der Waals surface area contributed by atoms with Gasteiger partial charge in [0, 0.05) is 31.9 Å². The van der Waals surface area contributed by atoms with E-state index in [0.29, 0.717) is 35.3 Å². The van der Waals surface area contributed by atoms with Crippen LogP contribution in [0.25, 0.3) is 0 Å². The summed E-state index contributed by atoms with van der Waals surface area (Å²) in [5, 5.41) is 39.8. The maximum absolute atomic E-state index is 12.5. The van der Waals surface area contributed by atoms with Gasteiger partial charge in [0.25, 0.3) is 17.5 Å². The van der Waals surface area contributed by atoms with Crippen LogP contribution in [0, 0.1) is 38.5 Å². The monoisotopic (exact) mass is 527 g/mol. The number of nitro groups is 2. The van der Waals surface area contributed by atoms with Gasteiger partial charge < -0.3 is 4.90 Å². The first-order valence-electron chi connectivity index (χ1n) is 11.7. The summed E-state index contributed by atoms with van der Waals surface area (Å²) in [5.41, 5.74) is 0.720. The van der Waals surface area contributed by atoms with Crippen molar-refractivity contribution in [2.75, 3.05) is 25.0 Å². The summed E-state index contributed by atoms with van der Waals surface area (Å²) in [6.45, 7) is 2.59. The first-order chi connectivity index (χ1) is 18.6. The maximum atomic E-state index is 12.5. The van der Waals surface area contributed by atoms with E-state index < -0.39 is 21.2 Å². The minimum Gasteiger partial charge on any atom is -0.375 e. The lowest BCUT2D eigenvalue weighted by Crippen LogP contribution is -2.32. The third-order valence-corrected chi connectivity index (χ3v) is 6.23. The number of rotatable bonds is 9. The molecule has 39 heavy (non-hydrogen) atoms. The van der Waals surface area contributed by atoms with Crippen LogP contribution in [0.3, 0.4) is 0 Å². The Morgan fingerprint density at radius 3 is 2.21 bits per heavy atom. The van der Waals surface area contributed by atoms with Crippen molar-refractivity contribution in [2.45, 2.75) is 13.3 Å². The Kier molecular flexibility index (Phi) is 7.39. The largest absolute Gasteiger partial charge is 0.375 e. The first-order valence-corrected chi connectivity index (χ1v) is 11.7. The maximum Gasteiger partial charge on any atom is 0.304 e. The molecule has 1 heterocycles. The molecule has 0 N–H and O–H groups in total. The molecule has 0 fully saturated rings. The number of carbonyl (C=O) groups excluding carboxylic acids is 2. The van der Waals surface area contributed by atoms with E-state index in [1.807, 2.05) is 18.0 Å². The highest BCUT2D eigenvalue weighted by Crippen LogP contribution is 2.37. The number of aryl methyl sites for hydroxylation is 1. The van der Waals surface area contributed by atoms with E-state index in [4.69, 9.17) is 0 Å². The van der Waals surface area contributed by atoms with Gasteiger partial charge >= 0.3 is 5.69 Å². The van der Waals surface area contributed by atoms with Crippen LogP contribution in [0.15, 0.2) is 64.8 Å². The molecule has 196 valence electrons. The van der Waals surface area contributed by atoms with Gasteiger partial charge in [-0.1, -0.05) is 12.1 Å². The molecule has 0 spiro atoms. The lowest BCUT2D eigenvalue weighted by molar-refractivity contribution is -0.393. The molecule has 4 rings (SSSR count). The van der Waals surface area contributed by atoms with Crippen molar-refractivity contribution in [1.29, 1.82) is 5.26 Å². The minimum atomic E-state index is -0.852. The summed E-state index contributed by atoms with van der Waals surface area (Å²) in [7, 11) is 1.86. The first kappa shape index (κ1) is 26.6. The molecule has 2 amide bonds. The molecular weight excluding hydrogens is 506 g/mol. The topological polar surface area (TPSA) is 175 Å². The number of nitriles is 1. The molecule has 13 heteroatoms. The summed E-state index contributed by atoms with van der Waals surface area (Å²) in [5.74, 6) is -0.590. The average molecular weight is 527 g/mol. The third-order valence-electron chi connectivity index (χ3n) is 6.23. The van der Waals surface area contributed by atoms with Crippen LogP contribution in [0.4, 0.5) is 28.4 Å². The molecule has 0 saturated carbocycles. The summed E-state index contributed by atoms with van der Waals surface area (Å²) in [6.07, 6.45) is 0.545. The predicted octanol–water partition coefficient (Wildman–Crippen LogP) is 5.22. The number of amides is 2. The Hall–Kier alpha value is -5.51. The second-order valence-corrected chi connectivity index (χ2v) is 8.74. The fraction of sp³-hybridized carbons (Fsp3) is 0.192. The average Bonchev–Trinajstić information content (AvgIpc) is 3.16. The van der Waals surface area contributed by atoms with E-state index in [0.717, 1.165) is 17.8 Å². The third kappa shape index (κ3) is 5.30. The number of non-ortho nitro benzene ring substituents is 1. The highest BCUT2D eigenvalue weighted by atomic mass is 16.6. The van der Waals surface area contributed by atoms with Crippen LogP contribution >= 0.6 is 0 Å². The predicted molar refractivity (Wildman–Crippen MR) is 140 cm³/mol. The normalized spacial score (nSPS) is 12.5. The molecule has 0 aliphatic carbocycles. The number of benzene rings is 3. The van der Waals surface area contributed by atoms with Crippen LogP contribution in [-0.4, -0.2) is 46.7 Å². The van der Waals surface area contributed by atoms with Crippen molar-refractivity contribution in [1.82, 2.24) is 4.90 Å². The van der Waals surface area contributed by atoms with Crippen molar-refractivity contribution in [3.05, 3.63) is 97.1 Å². The van der Waals surface area contributed by atoms with Gasteiger partial charge in [0.15, 0.2) is 5.69 Å². The number of hydrogen-bond acceptors (Lipinski definition) is 10. The smallest absolute Gasteiger partial charge is 0.304 e. The van der Waals surface area contributed by atoms with Gasteiger partial charge in [-0.15, -0.1) is 10.2 Å². The second kappa shape index (κ2) is 10.9. The molecule has 0 unspecified atom stereocenters. The Labute approximate surface area is 221 Å². The van der Waals surface area contributed by atoms with Gasteiger partial charge in [-0.05, 0) is 49.2 Å². The van der Waals surface area contributed by atoms with Gasteiger partial charge in [-0.3, -0.25) is 34.7 Å². The fourth-order valence-electron chi connectivity index (χ4n) is 4.17. The molecule has 0 atom stereocenters. The molecular formula is C26H21N7O6. The van der Waals surface area contributed by atoms with E-state index in [1.165, 1.54) is 4.90 Å². The molecule has 0 saturated heterocycles. The number of nitro benzene ring substituents is 2. The standard InChI is InChI=1S/C26H21N7O6/c1-16-12-18(30(2)10-5-11-31-25(34)20-6-3-4-7-21(20)26(31)35)8-9-22(16)28-29-24-17(15-27)13-19(32(36)37)14-23(24)33(38)39/h3-4,6-9,12-14H,5,10-11H2,1-2H3/b29-28+. The number of anilines is 1. The summed E-state index contributed by atoms with van der Waals surface area (Å²) >= 11 is 0. The zero-order chi connectivity index (χ0) is 28.3. The van der Waals surface area contributed by atoms with Crippen LogP contribution < -0.4 is 4.90 Å². The van der Waals surface area contributed by atoms with Gasteiger partial charge in [-0.2, -0.15) is 5.26 Å². The van der Waals surface area contributed by atoms with Crippen molar-refractivity contribution in [3.8, 4) is 6.07 Å². The summed E-state index contributed by atoms with van der Waals surface area (Å²) < 4.78 is 0. The van der Waals surface area contributed by atoms with E-state index in [-0.39, 0.29) is 29.6 Å². The van der Waals surface area contributed by atoms with Gasteiger partial charge in [0.05, 0.1) is 38.3 Å². The van der Waals surface area contributed by atoms with Gasteiger partial charge in [-0.25, -0.2) is 0 Å².